The second-order valence-electron chi connectivity index (χ2n) is 5.41. The van der Waals surface area contributed by atoms with Gasteiger partial charge in [0.2, 0.25) is 5.91 Å². The Morgan fingerprint density at radius 2 is 1.96 bits per heavy atom. The fourth-order valence-electron chi connectivity index (χ4n) is 2.51. The van der Waals surface area contributed by atoms with Gasteiger partial charge in [-0.2, -0.15) is 0 Å². The normalized spacial score (nSPS) is 14.5. The second-order valence-corrected chi connectivity index (χ2v) is 5.82. The summed E-state index contributed by atoms with van der Waals surface area (Å²) in [5.41, 5.74) is 1.89. The van der Waals surface area contributed by atoms with Gasteiger partial charge in [-0.3, -0.25) is 10.1 Å². The first-order valence-electron chi connectivity index (χ1n) is 7.97. The Bertz CT molecular complexity index is 753. The summed E-state index contributed by atoms with van der Waals surface area (Å²) in [6.45, 7) is 3.05. The lowest BCUT2D eigenvalue weighted by molar-refractivity contribution is -0.115. The molecule has 2 aromatic rings. The van der Waals surface area contributed by atoms with Gasteiger partial charge in [-0.05, 0) is 42.6 Å². The molecule has 6 nitrogen and oxygen atoms in total. The van der Waals surface area contributed by atoms with E-state index in [1.807, 2.05) is 24.3 Å². The third-order valence-electron chi connectivity index (χ3n) is 3.68. The van der Waals surface area contributed by atoms with E-state index in [1.54, 1.807) is 24.5 Å². The van der Waals surface area contributed by atoms with Crippen LogP contribution in [-0.4, -0.2) is 37.3 Å². The molecule has 1 amide bonds. The van der Waals surface area contributed by atoms with Gasteiger partial charge in [0.15, 0.2) is 5.11 Å². The number of anilines is 2. The smallest absolute Gasteiger partial charge is 0.250 e. The number of thiocarbonyl (C=S) groups is 1. The van der Waals surface area contributed by atoms with E-state index in [0.717, 1.165) is 24.5 Å². The minimum atomic E-state index is -0.322. The number of furan rings is 1. The molecule has 0 aliphatic carbocycles. The molecule has 1 saturated heterocycles. The molecule has 25 heavy (non-hydrogen) atoms. The number of nitrogens with zero attached hydrogens (tertiary/aromatic N) is 1. The van der Waals surface area contributed by atoms with Gasteiger partial charge >= 0.3 is 0 Å². The number of ether oxygens (including phenoxy) is 1. The summed E-state index contributed by atoms with van der Waals surface area (Å²) in [6, 6.07) is 11.4. The van der Waals surface area contributed by atoms with Crippen LogP contribution in [-0.2, 0) is 9.53 Å². The number of hydrogen-bond donors (Lipinski definition) is 2. The Balaban J connectivity index is 1.60. The molecule has 2 heterocycles. The molecular formula is C18H19N3O3S. The van der Waals surface area contributed by atoms with Gasteiger partial charge in [0.1, 0.15) is 5.76 Å². The number of rotatable bonds is 4. The van der Waals surface area contributed by atoms with Gasteiger partial charge in [0, 0.05) is 19.2 Å². The maximum absolute atomic E-state index is 11.9. The van der Waals surface area contributed by atoms with Crippen molar-refractivity contribution in [2.75, 3.05) is 36.5 Å². The zero-order valence-electron chi connectivity index (χ0n) is 13.6. The predicted molar refractivity (Wildman–Crippen MR) is 102 cm³/mol. The molecule has 1 aromatic carbocycles. The topological polar surface area (TPSA) is 66.7 Å². The molecule has 1 aromatic heterocycles. The van der Waals surface area contributed by atoms with Crippen molar-refractivity contribution < 1.29 is 13.9 Å². The number of nitrogens with one attached hydrogen (secondary N) is 2. The van der Waals surface area contributed by atoms with Crippen molar-refractivity contribution in [3.8, 4) is 0 Å². The minimum absolute atomic E-state index is 0.245. The summed E-state index contributed by atoms with van der Waals surface area (Å²) in [6.07, 6.45) is 4.51. The Kier molecular flexibility index (Phi) is 5.81. The Labute approximate surface area is 151 Å². The zero-order valence-corrected chi connectivity index (χ0v) is 14.4. The SMILES string of the molecule is O=C(/C=C/c1ccco1)NC(=S)Nc1ccccc1N1CCOCC1. The molecule has 2 N–H and O–H groups in total. The first kappa shape index (κ1) is 17.2. The van der Waals surface area contributed by atoms with Crippen molar-refractivity contribution in [3.63, 3.8) is 0 Å². The maximum Gasteiger partial charge on any atom is 0.250 e. The number of benzene rings is 1. The highest BCUT2D eigenvalue weighted by atomic mass is 32.1. The minimum Gasteiger partial charge on any atom is -0.465 e. The molecule has 1 aliphatic heterocycles. The van der Waals surface area contributed by atoms with Crippen LogP contribution < -0.4 is 15.5 Å². The van der Waals surface area contributed by atoms with E-state index in [0.29, 0.717) is 19.0 Å². The summed E-state index contributed by atoms with van der Waals surface area (Å²) in [5.74, 6) is 0.282. The monoisotopic (exact) mass is 357 g/mol. The fraction of sp³-hybridized carbons (Fsp3) is 0.222. The summed E-state index contributed by atoms with van der Waals surface area (Å²) < 4.78 is 10.5. The molecule has 0 atom stereocenters. The number of hydrogen-bond acceptors (Lipinski definition) is 5. The van der Waals surface area contributed by atoms with Crippen LogP contribution in [0.3, 0.4) is 0 Å². The molecule has 0 spiro atoms. The van der Waals surface area contributed by atoms with Crippen LogP contribution in [0.4, 0.5) is 11.4 Å². The highest BCUT2D eigenvalue weighted by Crippen LogP contribution is 2.26. The lowest BCUT2D eigenvalue weighted by Crippen LogP contribution is -2.37. The highest BCUT2D eigenvalue weighted by molar-refractivity contribution is 7.80. The number of morpholine rings is 1. The first-order valence-corrected chi connectivity index (χ1v) is 8.38. The van der Waals surface area contributed by atoms with Crippen molar-refractivity contribution in [1.82, 2.24) is 5.32 Å². The van der Waals surface area contributed by atoms with E-state index >= 15 is 0 Å². The fourth-order valence-corrected chi connectivity index (χ4v) is 2.72. The van der Waals surface area contributed by atoms with Crippen molar-refractivity contribution in [1.29, 1.82) is 0 Å². The molecule has 0 radical (unpaired) electrons. The third kappa shape index (κ3) is 4.91. The van der Waals surface area contributed by atoms with Crippen LogP contribution >= 0.6 is 12.2 Å². The number of carbonyl (C=O) groups excluding carboxylic acids is 1. The van der Waals surface area contributed by atoms with Gasteiger partial charge in [-0.1, -0.05) is 12.1 Å². The van der Waals surface area contributed by atoms with Crippen LogP contribution in [0.5, 0.6) is 0 Å². The molecule has 130 valence electrons. The second kappa shape index (κ2) is 8.46. The zero-order chi connectivity index (χ0) is 17.5. The first-order chi connectivity index (χ1) is 12.2. The van der Waals surface area contributed by atoms with Crippen LogP contribution in [0.25, 0.3) is 6.08 Å². The van der Waals surface area contributed by atoms with E-state index < -0.39 is 0 Å². The van der Waals surface area contributed by atoms with Gasteiger partial charge in [-0.15, -0.1) is 0 Å². The summed E-state index contributed by atoms with van der Waals surface area (Å²) in [7, 11) is 0. The lowest BCUT2D eigenvalue weighted by Gasteiger charge is -2.30. The van der Waals surface area contributed by atoms with Crippen molar-refractivity contribution in [2.24, 2.45) is 0 Å². The molecule has 7 heteroatoms. The van der Waals surface area contributed by atoms with Gasteiger partial charge in [-0.25, -0.2) is 0 Å². The highest BCUT2D eigenvalue weighted by Gasteiger charge is 2.15. The number of carbonyl (C=O) groups is 1. The van der Waals surface area contributed by atoms with E-state index in [9.17, 15) is 4.79 Å². The third-order valence-corrected chi connectivity index (χ3v) is 3.89. The molecule has 1 fully saturated rings. The van der Waals surface area contributed by atoms with Crippen LogP contribution in [0, 0.1) is 0 Å². The maximum atomic E-state index is 11.9. The van der Waals surface area contributed by atoms with Crippen LogP contribution in [0.2, 0.25) is 0 Å². The molecule has 0 unspecified atom stereocenters. The van der Waals surface area contributed by atoms with Gasteiger partial charge in [0.25, 0.3) is 0 Å². The average molecular weight is 357 g/mol. The van der Waals surface area contributed by atoms with E-state index in [4.69, 9.17) is 21.4 Å². The quantitative estimate of drug-likeness (QED) is 0.648. The van der Waals surface area contributed by atoms with Crippen LogP contribution in [0.15, 0.2) is 53.2 Å². The van der Waals surface area contributed by atoms with E-state index in [1.165, 1.54) is 6.08 Å². The molecule has 3 rings (SSSR count). The molecule has 1 aliphatic rings. The molecule has 0 bridgehead atoms. The van der Waals surface area contributed by atoms with Gasteiger partial charge < -0.3 is 19.4 Å². The standard InChI is InChI=1S/C18H19N3O3S/c22-17(8-7-14-4-3-11-24-14)20-18(25)19-15-5-1-2-6-16(15)21-9-12-23-13-10-21/h1-8,11H,9-10,12-13H2,(H2,19,20,22,25)/b8-7+. The molecule has 0 saturated carbocycles. The predicted octanol–water partition coefficient (Wildman–Crippen LogP) is 2.64. The Morgan fingerprint density at radius 1 is 1.16 bits per heavy atom. The molecular weight excluding hydrogens is 338 g/mol. The summed E-state index contributed by atoms with van der Waals surface area (Å²) in [5, 5.41) is 5.97. The summed E-state index contributed by atoms with van der Waals surface area (Å²) >= 11 is 5.24. The number of para-hydroxylation sites is 2. The van der Waals surface area contributed by atoms with Crippen LogP contribution in [0.1, 0.15) is 5.76 Å². The van der Waals surface area contributed by atoms with Crippen molar-refractivity contribution >= 4 is 40.7 Å². The summed E-state index contributed by atoms with van der Waals surface area (Å²) in [4.78, 5) is 14.2. The van der Waals surface area contributed by atoms with E-state index in [-0.39, 0.29) is 11.0 Å². The Morgan fingerprint density at radius 3 is 2.72 bits per heavy atom. The average Bonchev–Trinajstić information content (AvgIpc) is 3.15. The van der Waals surface area contributed by atoms with Crippen molar-refractivity contribution in [3.05, 3.63) is 54.5 Å². The largest absolute Gasteiger partial charge is 0.465 e. The van der Waals surface area contributed by atoms with E-state index in [2.05, 4.69) is 15.5 Å². The Hall–Kier alpha value is -2.64. The van der Waals surface area contributed by atoms with Crippen molar-refractivity contribution in [2.45, 2.75) is 0 Å². The number of amides is 1. The van der Waals surface area contributed by atoms with Gasteiger partial charge in [0.05, 0.1) is 30.9 Å². The lowest BCUT2D eigenvalue weighted by atomic mass is 10.2.